The highest BCUT2D eigenvalue weighted by Crippen LogP contribution is 2.16. The van der Waals surface area contributed by atoms with Gasteiger partial charge in [-0.15, -0.1) is 0 Å². The van der Waals surface area contributed by atoms with Gasteiger partial charge < -0.3 is 16.4 Å². The highest BCUT2D eigenvalue weighted by molar-refractivity contribution is 14.1. The highest BCUT2D eigenvalue weighted by atomic mass is 127. The SMILES string of the molecule is CCc1cc(N/C(N)=C/C(=O)NCCCCI)ccc1C. The molecule has 0 aliphatic rings. The summed E-state index contributed by atoms with van der Waals surface area (Å²) in [6.07, 6.45) is 4.48. The molecule has 0 heterocycles. The van der Waals surface area contributed by atoms with Gasteiger partial charge in [-0.1, -0.05) is 35.6 Å². The minimum atomic E-state index is -0.156. The number of nitrogens with two attached hydrogens (primary N) is 1. The number of hydrogen-bond acceptors (Lipinski definition) is 3. The third-order valence-electron chi connectivity index (χ3n) is 3.16. The summed E-state index contributed by atoms with van der Waals surface area (Å²) < 4.78 is 1.11. The number of halogens is 1. The average molecular weight is 401 g/mol. The molecule has 0 fully saturated rings. The number of amides is 1. The predicted octanol–water partition coefficient (Wildman–Crippen LogP) is 3.10. The summed E-state index contributed by atoms with van der Waals surface area (Å²) in [4.78, 5) is 11.7. The summed E-state index contributed by atoms with van der Waals surface area (Å²) in [5.41, 5.74) is 9.30. The molecule has 0 bridgehead atoms. The van der Waals surface area contributed by atoms with Gasteiger partial charge in [0.25, 0.3) is 0 Å². The van der Waals surface area contributed by atoms with Gasteiger partial charge in [0.15, 0.2) is 0 Å². The Labute approximate surface area is 140 Å². The van der Waals surface area contributed by atoms with Crippen molar-refractivity contribution in [1.29, 1.82) is 0 Å². The van der Waals surface area contributed by atoms with Crippen LogP contribution in [0.1, 0.15) is 30.9 Å². The molecular weight excluding hydrogens is 377 g/mol. The van der Waals surface area contributed by atoms with Gasteiger partial charge in [0.2, 0.25) is 5.91 Å². The lowest BCUT2D eigenvalue weighted by Crippen LogP contribution is -2.24. The lowest BCUT2D eigenvalue weighted by molar-refractivity contribution is -0.116. The van der Waals surface area contributed by atoms with E-state index in [0.29, 0.717) is 12.4 Å². The Hall–Kier alpha value is -1.24. The first-order valence-corrected chi connectivity index (χ1v) is 8.77. The van der Waals surface area contributed by atoms with Gasteiger partial charge in [-0.2, -0.15) is 0 Å². The summed E-state index contributed by atoms with van der Waals surface area (Å²) in [5, 5.41) is 5.88. The van der Waals surface area contributed by atoms with Crippen LogP contribution in [-0.2, 0) is 11.2 Å². The van der Waals surface area contributed by atoms with Crippen molar-refractivity contribution in [1.82, 2.24) is 5.32 Å². The van der Waals surface area contributed by atoms with Crippen molar-refractivity contribution in [2.45, 2.75) is 33.1 Å². The molecule has 0 radical (unpaired) electrons. The van der Waals surface area contributed by atoms with E-state index < -0.39 is 0 Å². The average Bonchev–Trinajstić information content (AvgIpc) is 2.45. The van der Waals surface area contributed by atoms with Crippen LogP contribution in [0.5, 0.6) is 0 Å². The van der Waals surface area contributed by atoms with E-state index >= 15 is 0 Å². The van der Waals surface area contributed by atoms with Crippen molar-refractivity contribution in [2.75, 3.05) is 16.3 Å². The Morgan fingerprint density at radius 1 is 1.38 bits per heavy atom. The standard InChI is InChI=1S/C16H24IN3O/c1-3-13-10-14(7-6-12(13)2)20-15(18)11-16(21)19-9-5-4-8-17/h6-7,10-11,20H,3-5,8-9,18H2,1-2H3,(H,19,21)/b15-11+. The van der Waals surface area contributed by atoms with Crippen LogP contribution in [0, 0.1) is 6.92 Å². The van der Waals surface area contributed by atoms with E-state index in [9.17, 15) is 4.79 Å². The topological polar surface area (TPSA) is 67.1 Å². The molecule has 1 aromatic carbocycles. The van der Waals surface area contributed by atoms with E-state index in [4.69, 9.17) is 5.73 Å². The zero-order valence-corrected chi connectivity index (χ0v) is 14.9. The minimum absolute atomic E-state index is 0.156. The lowest BCUT2D eigenvalue weighted by Gasteiger charge is -2.10. The van der Waals surface area contributed by atoms with E-state index in [-0.39, 0.29) is 5.91 Å². The van der Waals surface area contributed by atoms with E-state index in [1.807, 2.05) is 6.07 Å². The van der Waals surface area contributed by atoms with Crippen molar-refractivity contribution >= 4 is 34.2 Å². The second-order valence-electron chi connectivity index (χ2n) is 4.91. The number of carbonyl (C=O) groups is 1. The molecule has 1 rings (SSSR count). The summed E-state index contributed by atoms with van der Waals surface area (Å²) in [5.74, 6) is 0.198. The maximum Gasteiger partial charge on any atom is 0.247 e. The number of unbranched alkanes of at least 4 members (excludes halogenated alkanes) is 1. The molecule has 0 spiro atoms. The maximum atomic E-state index is 11.7. The normalized spacial score (nSPS) is 11.3. The van der Waals surface area contributed by atoms with Gasteiger partial charge in [0.05, 0.1) is 0 Å². The van der Waals surface area contributed by atoms with Crippen molar-refractivity contribution in [3.05, 3.63) is 41.2 Å². The number of alkyl halides is 1. The summed E-state index contributed by atoms with van der Waals surface area (Å²) in [6.45, 7) is 4.90. The van der Waals surface area contributed by atoms with Crippen LogP contribution < -0.4 is 16.4 Å². The van der Waals surface area contributed by atoms with Gasteiger partial charge in [-0.3, -0.25) is 4.79 Å². The van der Waals surface area contributed by atoms with Crippen molar-refractivity contribution in [2.24, 2.45) is 5.73 Å². The second kappa shape index (κ2) is 9.65. The summed E-state index contributed by atoms with van der Waals surface area (Å²) in [6, 6.07) is 6.08. The Balaban J connectivity index is 2.53. The smallest absolute Gasteiger partial charge is 0.247 e. The number of benzene rings is 1. The largest absolute Gasteiger partial charge is 0.385 e. The molecular formula is C16H24IN3O. The Morgan fingerprint density at radius 3 is 2.81 bits per heavy atom. The fraction of sp³-hybridized carbons (Fsp3) is 0.438. The molecule has 0 atom stereocenters. The van der Waals surface area contributed by atoms with Crippen LogP contribution in [-0.4, -0.2) is 16.9 Å². The molecule has 0 saturated carbocycles. The molecule has 0 aromatic heterocycles. The quantitative estimate of drug-likeness (QED) is 0.272. The van der Waals surface area contributed by atoms with Crippen molar-refractivity contribution < 1.29 is 4.79 Å². The summed E-state index contributed by atoms with van der Waals surface area (Å²) >= 11 is 2.33. The van der Waals surface area contributed by atoms with Gasteiger partial charge in [-0.05, 0) is 53.9 Å². The van der Waals surface area contributed by atoms with Crippen LogP contribution in [0.2, 0.25) is 0 Å². The monoisotopic (exact) mass is 401 g/mol. The predicted molar refractivity (Wildman–Crippen MR) is 97.6 cm³/mol. The Bertz CT molecular complexity index is 500. The number of carbonyl (C=O) groups excluding carboxylic acids is 1. The molecule has 21 heavy (non-hydrogen) atoms. The van der Waals surface area contributed by atoms with Crippen LogP contribution in [0.15, 0.2) is 30.1 Å². The van der Waals surface area contributed by atoms with E-state index in [1.54, 1.807) is 0 Å². The molecule has 0 aliphatic carbocycles. The molecule has 0 unspecified atom stereocenters. The number of nitrogens with one attached hydrogen (secondary N) is 2. The van der Waals surface area contributed by atoms with E-state index in [1.165, 1.54) is 17.2 Å². The first kappa shape index (κ1) is 17.8. The summed E-state index contributed by atoms with van der Waals surface area (Å²) in [7, 11) is 0. The van der Waals surface area contributed by atoms with E-state index in [0.717, 1.165) is 29.4 Å². The lowest BCUT2D eigenvalue weighted by atomic mass is 10.1. The molecule has 4 nitrogen and oxygen atoms in total. The maximum absolute atomic E-state index is 11.7. The van der Waals surface area contributed by atoms with Crippen LogP contribution >= 0.6 is 22.6 Å². The third kappa shape index (κ3) is 6.84. The zero-order valence-electron chi connectivity index (χ0n) is 12.7. The van der Waals surface area contributed by atoms with Crippen LogP contribution in [0.3, 0.4) is 0 Å². The molecule has 1 aromatic rings. The molecule has 1 amide bonds. The highest BCUT2D eigenvalue weighted by Gasteiger charge is 2.01. The van der Waals surface area contributed by atoms with Crippen LogP contribution in [0.25, 0.3) is 0 Å². The second-order valence-corrected chi connectivity index (χ2v) is 5.99. The fourth-order valence-corrected chi connectivity index (χ4v) is 2.50. The fourth-order valence-electron chi connectivity index (χ4n) is 1.96. The van der Waals surface area contributed by atoms with Crippen molar-refractivity contribution in [3.8, 4) is 0 Å². The molecule has 0 aliphatic heterocycles. The van der Waals surface area contributed by atoms with Gasteiger partial charge in [-0.25, -0.2) is 0 Å². The minimum Gasteiger partial charge on any atom is -0.385 e. The number of aryl methyl sites for hydroxylation is 2. The molecule has 4 N–H and O–H groups in total. The number of anilines is 1. The molecule has 5 heteroatoms. The Kier molecular flexibility index (Phi) is 8.19. The first-order chi connectivity index (χ1) is 10.1. The van der Waals surface area contributed by atoms with Crippen LogP contribution in [0.4, 0.5) is 5.69 Å². The van der Waals surface area contributed by atoms with E-state index in [2.05, 4.69) is 59.2 Å². The third-order valence-corrected chi connectivity index (χ3v) is 3.93. The first-order valence-electron chi connectivity index (χ1n) is 7.24. The van der Waals surface area contributed by atoms with Gasteiger partial charge in [0, 0.05) is 18.3 Å². The molecule has 0 saturated heterocycles. The number of hydrogen-bond donors (Lipinski definition) is 3. The van der Waals surface area contributed by atoms with Gasteiger partial charge in [0.1, 0.15) is 5.82 Å². The number of rotatable bonds is 8. The Morgan fingerprint density at radius 2 is 2.14 bits per heavy atom. The van der Waals surface area contributed by atoms with Gasteiger partial charge >= 0.3 is 0 Å². The van der Waals surface area contributed by atoms with Crippen molar-refractivity contribution in [3.63, 3.8) is 0 Å². The zero-order chi connectivity index (χ0) is 15.7. The molecule has 116 valence electrons.